The fourth-order valence-electron chi connectivity index (χ4n) is 1.19. The molecule has 94 valence electrons. The third-order valence-electron chi connectivity index (χ3n) is 1.84. The van der Waals surface area contributed by atoms with E-state index in [1.807, 2.05) is 0 Å². The van der Waals surface area contributed by atoms with Crippen molar-refractivity contribution in [1.29, 1.82) is 0 Å². The molecule has 0 aliphatic carbocycles. The van der Waals surface area contributed by atoms with E-state index < -0.39 is 0 Å². The number of aromatic nitrogens is 4. The Morgan fingerprint density at radius 3 is 3.06 bits per heavy atom. The zero-order valence-electron chi connectivity index (χ0n) is 9.38. The van der Waals surface area contributed by atoms with Crippen LogP contribution in [0, 0.1) is 0 Å². The van der Waals surface area contributed by atoms with E-state index in [0.29, 0.717) is 21.2 Å². The fraction of sp³-hybridized carbons (Fsp3) is 0.200. The van der Waals surface area contributed by atoms with Gasteiger partial charge in [-0.25, -0.2) is 15.0 Å². The molecule has 2 aromatic heterocycles. The molecule has 0 spiro atoms. The monoisotopic (exact) mass is 284 g/mol. The summed E-state index contributed by atoms with van der Waals surface area (Å²) in [4.78, 5) is 26.0. The molecule has 0 atom stereocenters. The Morgan fingerprint density at radius 2 is 2.33 bits per heavy atom. The van der Waals surface area contributed by atoms with Gasteiger partial charge in [0.15, 0.2) is 11.0 Å². The minimum Gasteiger partial charge on any atom is -0.377 e. The van der Waals surface area contributed by atoms with E-state index in [4.69, 9.17) is 16.3 Å². The molecule has 0 fully saturated rings. The molecule has 0 unspecified atom stereocenters. The highest BCUT2D eigenvalue weighted by atomic mass is 35.5. The highest BCUT2D eigenvalue weighted by Gasteiger charge is 2.06. The second-order valence-electron chi connectivity index (χ2n) is 3.22. The number of H-pyrrole nitrogens is 1. The van der Waals surface area contributed by atoms with Crippen LogP contribution in [0.5, 0.6) is 0 Å². The molecule has 2 heterocycles. The van der Waals surface area contributed by atoms with Crippen molar-refractivity contribution in [3.05, 3.63) is 39.7 Å². The Kier molecular flexibility index (Phi) is 4.29. The van der Waals surface area contributed by atoms with Gasteiger partial charge in [-0.15, -0.1) is 0 Å². The van der Waals surface area contributed by atoms with Crippen molar-refractivity contribution in [3.8, 4) is 0 Å². The summed E-state index contributed by atoms with van der Waals surface area (Å²) in [6, 6.07) is 2.94. The van der Waals surface area contributed by atoms with E-state index in [0.717, 1.165) is 0 Å². The van der Waals surface area contributed by atoms with Gasteiger partial charge in [-0.05, 0) is 11.8 Å². The predicted molar refractivity (Wildman–Crippen MR) is 66.7 cm³/mol. The third-order valence-corrected chi connectivity index (χ3v) is 2.85. The Hall–Kier alpha value is -1.44. The van der Waals surface area contributed by atoms with E-state index in [9.17, 15) is 4.79 Å². The van der Waals surface area contributed by atoms with Gasteiger partial charge in [0.05, 0.1) is 0 Å². The number of hydrogen-bond donors (Lipinski definition) is 1. The fourth-order valence-corrected chi connectivity index (χ4v) is 2.24. The molecule has 1 N–H and O–H groups in total. The smallest absolute Gasteiger partial charge is 0.251 e. The largest absolute Gasteiger partial charge is 0.377 e. The summed E-state index contributed by atoms with van der Waals surface area (Å²) in [5.74, 6) is 0.478. The lowest BCUT2D eigenvalue weighted by atomic mass is 10.6. The lowest BCUT2D eigenvalue weighted by Crippen LogP contribution is -2.05. The number of ether oxygens (including phenoxy) is 1. The molecule has 0 saturated heterocycles. The molecule has 0 aromatic carbocycles. The summed E-state index contributed by atoms with van der Waals surface area (Å²) in [5.41, 5.74) is -0.218. The first-order valence-corrected chi connectivity index (χ1v) is 6.12. The molecule has 2 rings (SSSR count). The molecule has 6 nitrogen and oxygen atoms in total. The van der Waals surface area contributed by atoms with E-state index in [1.165, 1.54) is 24.0 Å². The van der Waals surface area contributed by atoms with Gasteiger partial charge in [0.25, 0.3) is 5.56 Å². The van der Waals surface area contributed by atoms with Crippen molar-refractivity contribution >= 4 is 23.4 Å². The Labute approximate surface area is 112 Å². The quantitative estimate of drug-likeness (QED) is 0.677. The SMILES string of the molecule is COCc1nc(Cl)cc(Sc2nccc(=O)[nH]2)n1. The van der Waals surface area contributed by atoms with Gasteiger partial charge in [0, 0.05) is 25.4 Å². The summed E-state index contributed by atoms with van der Waals surface area (Å²) in [5, 5.41) is 1.36. The van der Waals surface area contributed by atoms with Crippen LogP contribution in [0.4, 0.5) is 0 Å². The topological polar surface area (TPSA) is 80.8 Å². The van der Waals surface area contributed by atoms with Crippen LogP contribution in [-0.2, 0) is 11.3 Å². The van der Waals surface area contributed by atoms with Gasteiger partial charge in [0.2, 0.25) is 0 Å². The number of nitrogens with one attached hydrogen (secondary N) is 1. The minimum atomic E-state index is -0.218. The van der Waals surface area contributed by atoms with Gasteiger partial charge in [-0.2, -0.15) is 0 Å². The zero-order valence-corrected chi connectivity index (χ0v) is 11.0. The summed E-state index contributed by atoms with van der Waals surface area (Å²) < 4.78 is 4.94. The van der Waals surface area contributed by atoms with E-state index >= 15 is 0 Å². The van der Waals surface area contributed by atoms with E-state index in [-0.39, 0.29) is 12.2 Å². The molecule has 0 amide bonds. The molecule has 0 bridgehead atoms. The third kappa shape index (κ3) is 3.52. The number of methoxy groups -OCH3 is 1. The maximum absolute atomic E-state index is 11.1. The van der Waals surface area contributed by atoms with Crippen molar-refractivity contribution in [2.45, 2.75) is 16.8 Å². The van der Waals surface area contributed by atoms with Gasteiger partial charge in [-0.3, -0.25) is 4.79 Å². The molecule has 8 heteroatoms. The second-order valence-corrected chi connectivity index (χ2v) is 4.62. The number of halogens is 1. The lowest BCUT2D eigenvalue weighted by molar-refractivity contribution is 0.177. The average Bonchev–Trinajstić information content (AvgIpc) is 2.28. The summed E-state index contributed by atoms with van der Waals surface area (Å²) in [6.45, 7) is 0.271. The predicted octanol–water partition coefficient (Wildman–Crippen LogP) is 1.51. The Balaban J connectivity index is 2.25. The van der Waals surface area contributed by atoms with Crippen LogP contribution in [-0.4, -0.2) is 27.0 Å². The van der Waals surface area contributed by atoms with Crippen LogP contribution in [0.2, 0.25) is 5.15 Å². The van der Waals surface area contributed by atoms with Crippen molar-refractivity contribution < 1.29 is 4.74 Å². The zero-order chi connectivity index (χ0) is 13.0. The van der Waals surface area contributed by atoms with Crippen molar-refractivity contribution in [2.24, 2.45) is 0 Å². The summed E-state index contributed by atoms with van der Waals surface area (Å²) in [6.07, 6.45) is 1.43. The van der Waals surface area contributed by atoms with Crippen molar-refractivity contribution in [3.63, 3.8) is 0 Å². The molecule has 0 aliphatic heterocycles. The lowest BCUT2D eigenvalue weighted by Gasteiger charge is -2.03. The molecule has 0 radical (unpaired) electrons. The van der Waals surface area contributed by atoms with Gasteiger partial charge in [0.1, 0.15) is 16.8 Å². The number of aromatic amines is 1. The maximum Gasteiger partial charge on any atom is 0.251 e. The van der Waals surface area contributed by atoms with Gasteiger partial charge in [-0.1, -0.05) is 11.6 Å². The molecule has 0 aliphatic rings. The van der Waals surface area contributed by atoms with Gasteiger partial charge < -0.3 is 9.72 Å². The first kappa shape index (κ1) is 13.0. The van der Waals surface area contributed by atoms with Crippen LogP contribution >= 0.6 is 23.4 Å². The summed E-state index contributed by atoms with van der Waals surface area (Å²) in [7, 11) is 1.55. The number of hydrogen-bond acceptors (Lipinski definition) is 6. The standard InChI is InChI=1S/C10H9ClN4O2S/c1-17-5-7-13-6(11)4-9(14-7)18-10-12-3-2-8(16)15-10/h2-4H,5H2,1H3,(H,12,15,16). The normalized spacial score (nSPS) is 10.6. The number of nitrogens with zero attached hydrogens (tertiary/aromatic N) is 3. The highest BCUT2D eigenvalue weighted by Crippen LogP contribution is 2.23. The highest BCUT2D eigenvalue weighted by molar-refractivity contribution is 7.99. The maximum atomic E-state index is 11.1. The van der Waals surface area contributed by atoms with Crippen LogP contribution in [0.25, 0.3) is 0 Å². The molecular formula is C10H9ClN4O2S. The minimum absolute atomic E-state index is 0.218. The molecule has 2 aromatic rings. The van der Waals surface area contributed by atoms with Crippen LogP contribution in [0.3, 0.4) is 0 Å². The average molecular weight is 285 g/mol. The van der Waals surface area contributed by atoms with Crippen LogP contribution in [0.1, 0.15) is 5.82 Å². The molecule has 18 heavy (non-hydrogen) atoms. The van der Waals surface area contributed by atoms with Crippen molar-refractivity contribution in [2.75, 3.05) is 7.11 Å². The Morgan fingerprint density at radius 1 is 1.50 bits per heavy atom. The van der Waals surface area contributed by atoms with Crippen LogP contribution in [0.15, 0.2) is 33.3 Å². The molecule has 0 saturated carbocycles. The molecular weight excluding hydrogens is 276 g/mol. The first-order chi connectivity index (χ1) is 8.67. The van der Waals surface area contributed by atoms with Gasteiger partial charge >= 0.3 is 0 Å². The van der Waals surface area contributed by atoms with E-state index in [2.05, 4.69) is 19.9 Å². The first-order valence-electron chi connectivity index (χ1n) is 4.93. The number of rotatable bonds is 4. The summed E-state index contributed by atoms with van der Waals surface area (Å²) >= 11 is 7.07. The second kappa shape index (κ2) is 5.94. The van der Waals surface area contributed by atoms with Crippen molar-refractivity contribution in [1.82, 2.24) is 19.9 Å². The van der Waals surface area contributed by atoms with Crippen LogP contribution < -0.4 is 5.56 Å². The Bertz CT molecular complexity index is 604. The van der Waals surface area contributed by atoms with E-state index in [1.54, 1.807) is 13.2 Å².